The smallest absolute Gasteiger partial charge is 0.399 e. The second-order valence-electron chi connectivity index (χ2n) is 13.1. The van der Waals surface area contributed by atoms with Crippen LogP contribution in [-0.2, 0) is 19.1 Å². The molecule has 0 fully saturated rings. The zero-order valence-electron chi connectivity index (χ0n) is 31.8. The molecule has 4 aromatic rings. The van der Waals surface area contributed by atoms with E-state index in [9.17, 15) is 51.3 Å². The van der Waals surface area contributed by atoms with Crippen molar-refractivity contribution in [1.29, 1.82) is 0 Å². The molecule has 11 nitrogen and oxygen atoms in total. The molecule has 17 heteroatoms. The van der Waals surface area contributed by atoms with Crippen molar-refractivity contribution in [2.75, 3.05) is 39.6 Å². The van der Waals surface area contributed by atoms with E-state index in [1.807, 2.05) is 0 Å². The van der Waals surface area contributed by atoms with Gasteiger partial charge in [-0.3, -0.25) is 0 Å². The van der Waals surface area contributed by atoms with Crippen molar-refractivity contribution in [3.8, 4) is 23.0 Å². The second kappa shape index (κ2) is 21.8. The zero-order valence-corrected chi connectivity index (χ0v) is 31.8. The van der Waals surface area contributed by atoms with E-state index in [0.717, 1.165) is 12.2 Å². The number of ether oxygens (including phenoxy) is 6. The molecular weight excluding hydrogens is 806 g/mol. The molecule has 60 heavy (non-hydrogen) atoms. The van der Waals surface area contributed by atoms with Crippen LogP contribution in [0.15, 0.2) is 122 Å². The Kier molecular flexibility index (Phi) is 17.0. The number of esters is 2. The lowest BCUT2D eigenvalue weighted by atomic mass is 9.90. The molecule has 0 bridgehead atoms. The summed E-state index contributed by atoms with van der Waals surface area (Å²) in [6.07, 6.45) is -11.1. The van der Waals surface area contributed by atoms with Gasteiger partial charge in [-0.05, 0) is 70.8 Å². The molecule has 4 aromatic carbocycles. The van der Waals surface area contributed by atoms with Crippen LogP contribution in [0.3, 0.4) is 0 Å². The van der Waals surface area contributed by atoms with Crippen molar-refractivity contribution in [2.45, 2.75) is 42.5 Å². The average molecular weight is 849 g/mol. The Labute approximate surface area is 341 Å². The Bertz CT molecular complexity index is 1820. The molecule has 4 unspecified atom stereocenters. The van der Waals surface area contributed by atoms with Gasteiger partial charge in [0.05, 0.1) is 0 Å². The summed E-state index contributed by atoms with van der Waals surface area (Å²) in [6, 6.07) is 20.4. The summed E-state index contributed by atoms with van der Waals surface area (Å²) < 4.78 is 117. The fraction of sp³-hybridized carbons (Fsp3) is 0.302. The van der Waals surface area contributed by atoms with Gasteiger partial charge in [0.1, 0.15) is 92.8 Å². The first-order valence-electron chi connectivity index (χ1n) is 18.1. The zero-order chi connectivity index (χ0) is 43.9. The van der Waals surface area contributed by atoms with Crippen molar-refractivity contribution in [2.24, 2.45) is 0 Å². The highest BCUT2D eigenvalue weighted by atomic mass is 19.4. The van der Waals surface area contributed by atoms with E-state index >= 15 is 0 Å². The molecule has 0 spiro atoms. The molecule has 322 valence electrons. The van der Waals surface area contributed by atoms with Gasteiger partial charge in [0.15, 0.2) is 0 Å². The average Bonchev–Trinajstić information content (AvgIpc) is 3.22. The molecule has 4 rings (SSSR count). The molecule has 0 saturated heterocycles. The van der Waals surface area contributed by atoms with Gasteiger partial charge in [-0.2, -0.15) is 26.3 Å². The van der Waals surface area contributed by atoms with Crippen molar-refractivity contribution >= 4 is 11.9 Å². The van der Waals surface area contributed by atoms with Crippen molar-refractivity contribution < 1.29 is 79.7 Å². The number of aliphatic hydroxyl groups excluding tert-OH is 3. The third kappa shape index (κ3) is 14.7. The highest BCUT2D eigenvalue weighted by Gasteiger charge is 2.43. The molecule has 0 aliphatic heterocycles. The minimum atomic E-state index is -4.67. The van der Waals surface area contributed by atoms with Crippen LogP contribution >= 0.6 is 0 Å². The normalized spacial score (nSPS) is 14.1. The van der Waals surface area contributed by atoms with Gasteiger partial charge in [0.2, 0.25) is 0 Å². The van der Waals surface area contributed by atoms with Gasteiger partial charge in [0, 0.05) is 12.2 Å². The summed E-state index contributed by atoms with van der Waals surface area (Å²) in [6.45, 7) is 4.57. The predicted octanol–water partition coefficient (Wildman–Crippen LogP) is 6.83. The van der Waals surface area contributed by atoms with Crippen LogP contribution in [0.2, 0.25) is 0 Å². The Morgan fingerprint density at radius 2 is 0.667 bits per heavy atom. The number of aliphatic hydroxyl groups is 3. The Hall–Kier alpha value is -6.04. The number of benzene rings is 4. The predicted molar refractivity (Wildman–Crippen MR) is 204 cm³/mol. The monoisotopic (exact) mass is 848 g/mol. The largest absolute Gasteiger partial charge is 0.491 e. The van der Waals surface area contributed by atoms with Gasteiger partial charge < -0.3 is 43.7 Å². The number of hydrogen-bond acceptors (Lipinski definition) is 11. The van der Waals surface area contributed by atoms with Crippen molar-refractivity contribution in [3.05, 3.63) is 145 Å². The first-order chi connectivity index (χ1) is 28.5. The van der Waals surface area contributed by atoms with Crippen LogP contribution in [0.1, 0.15) is 34.1 Å². The summed E-state index contributed by atoms with van der Waals surface area (Å²) in [7, 11) is 0. The van der Waals surface area contributed by atoms with Crippen LogP contribution in [0.4, 0.5) is 26.3 Å². The summed E-state index contributed by atoms with van der Waals surface area (Å²) >= 11 is 0. The number of carbonyl (C=O) groups is 2. The van der Waals surface area contributed by atoms with E-state index in [4.69, 9.17) is 28.4 Å². The van der Waals surface area contributed by atoms with Gasteiger partial charge in [-0.1, -0.05) is 61.7 Å². The van der Waals surface area contributed by atoms with Crippen LogP contribution in [0.25, 0.3) is 0 Å². The van der Waals surface area contributed by atoms with E-state index in [1.165, 1.54) is 97.1 Å². The molecule has 0 radical (unpaired) electrons. The molecule has 0 aliphatic carbocycles. The molecule has 4 atom stereocenters. The van der Waals surface area contributed by atoms with E-state index in [0.29, 0.717) is 0 Å². The molecule has 0 amide bonds. The number of hydrogen-bond donors (Lipinski definition) is 3. The van der Waals surface area contributed by atoms with E-state index < -0.39 is 54.4 Å². The SMILES string of the molecule is C=CC(=O)OCC(O)COc1ccc(C(c2ccc(OCC(O)COc3ccc(C(c4ccc(OCC(O)COC(=O)C=C)cc4)C(F)(F)F)cc3)cc2)C(F)(F)F)cc1. The minimum absolute atomic E-state index is 0.0835. The highest BCUT2D eigenvalue weighted by molar-refractivity contribution is 5.81. The van der Waals surface area contributed by atoms with Gasteiger partial charge in [-0.15, -0.1) is 0 Å². The first kappa shape index (κ1) is 46.6. The minimum Gasteiger partial charge on any atom is -0.491 e. The number of rotatable bonds is 22. The highest BCUT2D eigenvalue weighted by Crippen LogP contribution is 2.42. The van der Waals surface area contributed by atoms with E-state index in [-0.39, 0.29) is 84.9 Å². The molecular formula is C43H42F6O11. The molecule has 0 aromatic heterocycles. The lowest BCUT2D eigenvalue weighted by Gasteiger charge is -2.22. The van der Waals surface area contributed by atoms with Gasteiger partial charge >= 0.3 is 24.3 Å². The van der Waals surface area contributed by atoms with Crippen LogP contribution in [-0.4, -0.2) is 97.6 Å². The molecule has 0 aliphatic rings. The standard InChI is InChI=1S/C43H42F6O11/c1-3-38(53)59-25-32(51)23-57-36-17-9-29(10-18-36)40(42(44,45)46)27-5-13-34(14-6-27)55-21-31(50)22-56-35-15-7-28(8-16-35)41(43(47,48)49)30-11-19-37(20-12-30)58-24-33(52)26-60-39(54)4-2/h3-20,31-33,40-41,50-52H,1-2,21-26H2. The third-order valence-electron chi connectivity index (χ3n) is 8.45. The lowest BCUT2D eigenvalue weighted by Crippen LogP contribution is -2.25. The van der Waals surface area contributed by atoms with E-state index in [2.05, 4.69) is 13.2 Å². The quantitative estimate of drug-likeness (QED) is 0.0434. The van der Waals surface area contributed by atoms with Crippen LogP contribution < -0.4 is 18.9 Å². The fourth-order valence-corrected chi connectivity index (χ4v) is 5.56. The molecule has 0 saturated carbocycles. The maximum absolute atomic E-state index is 14.2. The first-order valence-corrected chi connectivity index (χ1v) is 18.1. The topological polar surface area (TPSA) is 150 Å². The Morgan fingerprint density at radius 3 is 0.867 bits per heavy atom. The van der Waals surface area contributed by atoms with E-state index in [1.54, 1.807) is 0 Å². The Morgan fingerprint density at radius 1 is 0.450 bits per heavy atom. The van der Waals surface area contributed by atoms with Crippen LogP contribution in [0, 0.1) is 0 Å². The van der Waals surface area contributed by atoms with Crippen LogP contribution in [0.5, 0.6) is 23.0 Å². The summed E-state index contributed by atoms with van der Waals surface area (Å²) in [5, 5.41) is 30.2. The maximum Gasteiger partial charge on any atom is 0.399 e. The summed E-state index contributed by atoms with van der Waals surface area (Å²) in [5.74, 6) is -4.79. The van der Waals surface area contributed by atoms with Crippen molar-refractivity contribution in [1.82, 2.24) is 0 Å². The maximum atomic E-state index is 14.2. The van der Waals surface area contributed by atoms with Gasteiger partial charge in [0.25, 0.3) is 0 Å². The van der Waals surface area contributed by atoms with Crippen molar-refractivity contribution in [3.63, 3.8) is 0 Å². The fourth-order valence-electron chi connectivity index (χ4n) is 5.56. The number of carbonyl (C=O) groups excluding carboxylic acids is 2. The molecule has 0 heterocycles. The lowest BCUT2D eigenvalue weighted by molar-refractivity contribution is -0.142. The summed E-state index contributed by atoms with van der Waals surface area (Å²) in [5.41, 5.74) is -0.348. The number of alkyl halides is 6. The second-order valence-corrected chi connectivity index (χ2v) is 13.1. The summed E-state index contributed by atoms with van der Waals surface area (Å²) in [4.78, 5) is 22.2. The third-order valence-corrected chi connectivity index (χ3v) is 8.45. The van der Waals surface area contributed by atoms with Gasteiger partial charge in [-0.25, -0.2) is 9.59 Å². The Balaban J connectivity index is 1.27. The molecule has 3 N–H and O–H groups in total. The number of halogens is 6.